The fourth-order valence-corrected chi connectivity index (χ4v) is 2.20. The van der Waals surface area contributed by atoms with Crippen LogP contribution in [0.1, 0.15) is 38.3 Å². The van der Waals surface area contributed by atoms with Crippen LogP contribution in [0.2, 0.25) is 0 Å². The highest BCUT2D eigenvalue weighted by Crippen LogP contribution is 2.19. The van der Waals surface area contributed by atoms with Crippen LogP contribution in [0.3, 0.4) is 0 Å². The molecule has 2 unspecified atom stereocenters. The third-order valence-electron chi connectivity index (χ3n) is 3.27. The molecule has 2 heteroatoms. The van der Waals surface area contributed by atoms with Crippen LogP contribution in [-0.2, 0) is 4.74 Å². The zero-order chi connectivity index (χ0) is 11.4. The largest absolute Gasteiger partial charge is 0.374 e. The summed E-state index contributed by atoms with van der Waals surface area (Å²) in [5, 5.41) is 3.54. The molecular formula is C14H21NO. The Labute approximate surface area is 98.0 Å². The summed E-state index contributed by atoms with van der Waals surface area (Å²) in [4.78, 5) is 0. The van der Waals surface area contributed by atoms with E-state index < -0.39 is 0 Å². The molecule has 1 N–H and O–H groups in total. The molecule has 3 atom stereocenters. The predicted octanol–water partition coefficient (Wildman–Crippen LogP) is 2.90. The van der Waals surface area contributed by atoms with Crippen molar-refractivity contribution >= 4 is 0 Å². The highest BCUT2D eigenvalue weighted by molar-refractivity contribution is 5.17. The lowest BCUT2D eigenvalue weighted by Crippen LogP contribution is -2.29. The molecule has 2 nitrogen and oxygen atoms in total. The van der Waals surface area contributed by atoms with Gasteiger partial charge in [0.15, 0.2) is 0 Å². The molecule has 1 heterocycles. The highest BCUT2D eigenvalue weighted by Gasteiger charge is 2.21. The molecule has 88 valence electrons. The van der Waals surface area contributed by atoms with Crippen LogP contribution in [0.15, 0.2) is 30.3 Å². The lowest BCUT2D eigenvalue weighted by atomic mass is 10.1. The maximum Gasteiger partial charge on any atom is 0.0704 e. The summed E-state index contributed by atoms with van der Waals surface area (Å²) in [5.41, 5.74) is 1.34. The second-order valence-electron chi connectivity index (χ2n) is 4.69. The SMILES string of the molecule is CC1CCC(CN[C@H](C)c2ccccc2)O1. The van der Waals surface area contributed by atoms with Crippen LogP contribution in [0, 0.1) is 0 Å². The standard InChI is InChI=1S/C14H21NO/c1-11-8-9-14(16-11)10-15-12(2)13-6-4-3-5-7-13/h3-7,11-12,14-15H,8-10H2,1-2H3/t11?,12-,14?/m1/s1. The van der Waals surface area contributed by atoms with Gasteiger partial charge in [0.05, 0.1) is 12.2 Å². The van der Waals surface area contributed by atoms with Gasteiger partial charge in [-0.15, -0.1) is 0 Å². The van der Waals surface area contributed by atoms with Crippen molar-refractivity contribution in [2.45, 2.75) is 44.9 Å². The van der Waals surface area contributed by atoms with Gasteiger partial charge in [0.1, 0.15) is 0 Å². The Morgan fingerprint density at radius 1 is 1.31 bits per heavy atom. The summed E-state index contributed by atoms with van der Waals surface area (Å²) in [7, 11) is 0. The van der Waals surface area contributed by atoms with E-state index in [-0.39, 0.29) is 0 Å². The molecule has 2 rings (SSSR count). The summed E-state index contributed by atoms with van der Waals surface area (Å²) in [6, 6.07) is 11.0. The molecule has 0 bridgehead atoms. The van der Waals surface area contributed by atoms with Gasteiger partial charge in [-0.3, -0.25) is 0 Å². The molecule has 0 radical (unpaired) electrons. The fourth-order valence-electron chi connectivity index (χ4n) is 2.20. The zero-order valence-corrected chi connectivity index (χ0v) is 10.1. The maximum atomic E-state index is 5.79. The Morgan fingerprint density at radius 3 is 2.69 bits per heavy atom. The Bertz CT molecular complexity index is 312. The Kier molecular flexibility index (Phi) is 3.97. The monoisotopic (exact) mass is 219 g/mol. The van der Waals surface area contributed by atoms with Gasteiger partial charge < -0.3 is 10.1 Å². The van der Waals surface area contributed by atoms with Crippen LogP contribution < -0.4 is 5.32 Å². The molecule has 0 saturated carbocycles. The molecule has 0 spiro atoms. The first-order valence-electron chi connectivity index (χ1n) is 6.19. The quantitative estimate of drug-likeness (QED) is 0.840. The van der Waals surface area contributed by atoms with Gasteiger partial charge in [0, 0.05) is 12.6 Å². The number of rotatable bonds is 4. The van der Waals surface area contributed by atoms with Crippen molar-refractivity contribution in [3.63, 3.8) is 0 Å². The Morgan fingerprint density at radius 2 is 2.06 bits per heavy atom. The molecule has 1 fully saturated rings. The first-order chi connectivity index (χ1) is 7.75. The highest BCUT2D eigenvalue weighted by atomic mass is 16.5. The van der Waals surface area contributed by atoms with E-state index in [9.17, 15) is 0 Å². The fraction of sp³-hybridized carbons (Fsp3) is 0.571. The van der Waals surface area contributed by atoms with E-state index in [1.165, 1.54) is 18.4 Å². The summed E-state index contributed by atoms with van der Waals surface area (Å²) in [6.07, 6.45) is 3.24. The molecule has 0 amide bonds. The van der Waals surface area contributed by atoms with E-state index in [2.05, 4.69) is 49.5 Å². The molecule has 1 saturated heterocycles. The molecule has 0 aromatic heterocycles. The average Bonchev–Trinajstić information content (AvgIpc) is 2.73. The van der Waals surface area contributed by atoms with Crippen molar-refractivity contribution in [2.75, 3.05) is 6.54 Å². The van der Waals surface area contributed by atoms with Crippen LogP contribution in [-0.4, -0.2) is 18.8 Å². The van der Waals surface area contributed by atoms with E-state index in [4.69, 9.17) is 4.74 Å². The number of hydrogen-bond acceptors (Lipinski definition) is 2. The molecule has 16 heavy (non-hydrogen) atoms. The van der Waals surface area contributed by atoms with E-state index in [1.807, 2.05) is 0 Å². The molecule has 1 aromatic rings. The summed E-state index contributed by atoms with van der Waals surface area (Å²) >= 11 is 0. The number of nitrogens with one attached hydrogen (secondary N) is 1. The average molecular weight is 219 g/mol. The second kappa shape index (κ2) is 5.46. The lowest BCUT2D eigenvalue weighted by Gasteiger charge is -2.17. The van der Waals surface area contributed by atoms with E-state index in [1.54, 1.807) is 0 Å². The van der Waals surface area contributed by atoms with Gasteiger partial charge in [-0.2, -0.15) is 0 Å². The third kappa shape index (κ3) is 3.06. The number of ether oxygens (including phenoxy) is 1. The first-order valence-corrected chi connectivity index (χ1v) is 6.19. The van der Waals surface area contributed by atoms with Crippen LogP contribution in [0.4, 0.5) is 0 Å². The summed E-state index contributed by atoms with van der Waals surface area (Å²) < 4.78 is 5.79. The third-order valence-corrected chi connectivity index (χ3v) is 3.27. The van der Waals surface area contributed by atoms with Crippen molar-refractivity contribution in [1.82, 2.24) is 5.32 Å². The van der Waals surface area contributed by atoms with E-state index >= 15 is 0 Å². The molecular weight excluding hydrogens is 198 g/mol. The minimum atomic E-state index is 0.403. The zero-order valence-electron chi connectivity index (χ0n) is 10.1. The molecule has 0 aliphatic carbocycles. The molecule has 1 aliphatic heterocycles. The van der Waals surface area contributed by atoms with E-state index in [0.717, 1.165) is 6.54 Å². The summed E-state index contributed by atoms with van der Waals surface area (Å²) in [6.45, 7) is 5.31. The predicted molar refractivity (Wildman–Crippen MR) is 66.4 cm³/mol. The Balaban J connectivity index is 1.78. The van der Waals surface area contributed by atoms with Crippen molar-refractivity contribution < 1.29 is 4.74 Å². The minimum absolute atomic E-state index is 0.403. The van der Waals surface area contributed by atoms with Crippen LogP contribution in [0.25, 0.3) is 0 Å². The van der Waals surface area contributed by atoms with Crippen LogP contribution >= 0.6 is 0 Å². The van der Waals surface area contributed by atoms with Gasteiger partial charge in [-0.05, 0) is 32.3 Å². The van der Waals surface area contributed by atoms with Gasteiger partial charge >= 0.3 is 0 Å². The van der Waals surface area contributed by atoms with Gasteiger partial charge in [-0.25, -0.2) is 0 Å². The maximum absolute atomic E-state index is 5.79. The van der Waals surface area contributed by atoms with Gasteiger partial charge in [0.2, 0.25) is 0 Å². The number of hydrogen-bond donors (Lipinski definition) is 1. The smallest absolute Gasteiger partial charge is 0.0704 e. The Hall–Kier alpha value is -0.860. The van der Waals surface area contributed by atoms with Crippen molar-refractivity contribution in [1.29, 1.82) is 0 Å². The first kappa shape index (κ1) is 11.6. The van der Waals surface area contributed by atoms with Crippen LogP contribution in [0.5, 0.6) is 0 Å². The number of benzene rings is 1. The normalized spacial score (nSPS) is 26.9. The van der Waals surface area contributed by atoms with Gasteiger partial charge in [-0.1, -0.05) is 30.3 Å². The van der Waals surface area contributed by atoms with Gasteiger partial charge in [0.25, 0.3) is 0 Å². The minimum Gasteiger partial charge on any atom is -0.374 e. The summed E-state index contributed by atoms with van der Waals surface area (Å²) in [5.74, 6) is 0. The van der Waals surface area contributed by atoms with Crippen molar-refractivity contribution in [3.8, 4) is 0 Å². The van der Waals surface area contributed by atoms with E-state index in [0.29, 0.717) is 18.2 Å². The van der Waals surface area contributed by atoms with Crippen molar-refractivity contribution in [2.24, 2.45) is 0 Å². The van der Waals surface area contributed by atoms with Crippen molar-refractivity contribution in [3.05, 3.63) is 35.9 Å². The molecule has 1 aliphatic rings. The second-order valence-corrected chi connectivity index (χ2v) is 4.69. The molecule has 1 aromatic carbocycles. The topological polar surface area (TPSA) is 21.3 Å². The lowest BCUT2D eigenvalue weighted by molar-refractivity contribution is 0.0546.